The zero-order valence-electron chi connectivity index (χ0n) is 8.28. The van der Waals surface area contributed by atoms with Crippen molar-refractivity contribution in [2.75, 3.05) is 13.6 Å². The van der Waals surface area contributed by atoms with Crippen LogP contribution in [0.5, 0.6) is 0 Å². The predicted octanol–water partition coefficient (Wildman–Crippen LogP) is 2.28. The van der Waals surface area contributed by atoms with Gasteiger partial charge >= 0.3 is 0 Å². The van der Waals surface area contributed by atoms with Crippen molar-refractivity contribution in [3.8, 4) is 0 Å². The number of nitrogens with one attached hydrogen (secondary N) is 1. The number of hydrogen-bond acceptors (Lipinski definition) is 1. The van der Waals surface area contributed by atoms with Crippen LogP contribution in [-0.2, 0) is 0 Å². The molecule has 1 aliphatic carbocycles. The third kappa shape index (κ3) is 3.24. The first-order chi connectivity index (χ1) is 5.03. The Labute approximate surface area is 70.6 Å². The van der Waals surface area contributed by atoms with Crippen LogP contribution in [0.15, 0.2) is 0 Å². The van der Waals surface area contributed by atoms with Gasteiger partial charge in [0.15, 0.2) is 0 Å². The summed E-state index contributed by atoms with van der Waals surface area (Å²) in [5.41, 5.74) is 0.535. The molecule has 0 heterocycles. The van der Waals surface area contributed by atoms with E-state index in [-0.39, 0.29) is 0 Å². The molecule has 0 saturated heterocycles. The highest BCUT2D eigenvalue weighted by atomic mass is 14.8. The van der Waals surface area contributed by atoms with E-state index in [0.717, 1.165) is 11.8 Å². The average Bonchev–Trinajstić information content (AvgIpc) is 2.44. The van der Waals surface area contributed by atoms with E-state index in [1.807, 2.05) is 7.05 Å². The molecule has 0 amide bonds. The van der Waals surface area contributed by atoms with Crippen LogP contribution in [0.25, 0.3) is 0 Å². The standard InChI is InChI=1S/C10H21N/c1-10(2,3)6-8-5-9(8)7-11-4/h8-9,11H,5-7H2,1-4H3. The monoisotopic (exact) mass is 155 g/mol. The van der Waals surface area contributed by atoms with Gasteiger partial charge < -0.3 is 5.32 Å². The Morgan fingerprint density at radius 2 is 1.91 bits per heavy atom. The molecule has 66 valence electrons. The molecule has 0 aliphatic heterocycles. The van der Waals surface area contributed by atoms with Gasteiger partial charge in [0, 0.05) is 0 Å². The molecule has 0 spiro atoms. The topological polar surface area (TPSA) is 12.0 Å². The Bertz CT molecular complexity index is 123. The summed E-state index contributed by atoms with van der Waals surface area (Å²) < 4.78 is 0. The van der Waals surface area contributed by atoms with Crippen LogP contribution in [0.4, 0.5) is 0 Å². The summed E-state index contributed by atoms with van der Waals surface area (Å²) in [6, 6.07) is 0. The average molecular weight is 155 g/mol. The molecule has 1 N–H and O–H groups in total. The molecule has 1 fully saturated rings. The minimum absolute atomic E-state index is 0.535. The van der Waals surface area contributed by atoms with Crippen LogP contribution in [0.1, 0.15) is 33.6 Å². The van der Waals surface area contributed by atoms with Gasteiger partial charge in [-0.25, -0.2) is 0 Å². The third-order valence-electron chi connectivity index (χ3n) is 2.41. The van der Waals surface area contributed by atoms with Crippen LogP contribution >= 0.6 is 0 Å². The SMILES string of the molecule is CNCC1CC1CC(C)(C)C. The molecule has 1 nitrogen and oxygen atoms in total. The summed E-state index contributed by atoms with van der Waals surface area (Å²) in [6.07, 6.45) is 2.86. The van der Waals surface area contributed by atoms with Crippen molar-refractivity contribution in [3.05, 3.63) is 0 Å². The van der Waals surface area contributed by atoms with E-state index in [1.165, 1.54) is 19.4 Å². The van der Waals surface area contributed by atoms with Gasteiger partial charge in [-0.15, -0.1) is 0 Å². The second-order valence-electron chi connectivity index (χ2n) is 5.08. The zero-order valence-corrected chi connectivity index (χ0v) is 8.28. The van der Waals surface area contributed by atoms with E-state index < -0.39 is 0 Å². The van der Waals surface area contributed by atoms with Gasteiger partial charge in [-0.3, -0.25) is 0 Å². The van der Waals surface area contributed by atoms with Crippen molar-refractivity contribution in [1.82, 2.24) is 5.32 Å². The van der Waals surface area contributed by atoms with Crippen molar-refractivity contribution < 1.29 is 0 Å². The lowest BCUT2D eigenvalue weighted by Crippen LogP contribution is -2.12. The van der Waals surface area contributed by atoms with Crippen molar-refractivity contribution in [2.24, 2.45) is 17.3 Å². The molecule has 0 aromatic rings. The Kier molecular flexibility index (Phi) is 2.58. The summed E-state index contributed by atoms with van der Waals surface area (Å²) in [5.74, 6) is 2.00. The van der Waals surface area contributed by atoms with E-state index in [0.29, 0.717) is 5.41 Å². The van der Waals surface area contributed by atoms with Crippen molar-refractivity contribution in [2.45, 2.75) is 33.6 Å². The first kappa shape index (κ1) is 9.05. The van der Waals surface area contributed by atoms with Crippen LogP contribution in [0, 0.1) is 17.3 Å². The lowest BCUT2D eigenvalue weighted by molar-refractivity contribution is 0.343. The highest BCUT2D eigenvalue weighted by Crippen LogP contribution is 2.45. The molecule has 0 bridgehead atoms. The number of rotatable bonds is 3. The highest BCUT2D eigenvalue weighted by Gasteiger charge is 2.38. The fourth-order valence-electron chi connectivity index (χ4n) is 1.86. The Morgan fingerprint density at radius 3 is 2.36 bits per heavy atom. The number of hydrogen-bond donors (Lipinski definition) is 1. The summed E-state index contributed by atoms with van der Waals surface area (Å²) in [7, 11) is 2.05. The van der Waals surface area contributed by atoms with E-state index in [4.69, 9.17) is 0 Å². The van der Waals surface area contributed by atoms with Gasteiger partial charge in [0.2, 0.25) is 0 Å². The van der Waals surface area contributed by atoms with E-state index in [1.54, 1.807) is 0 Å². The largest absolute Gasteiger partial charge is 0.319 e. The van der Waals surface area contributed by atoms with Gasteiger partial charge in [-0.2, -0.15) is 0 Å². The lowest BCUT2D eigenvalue weighted by atomic mass is 9.89. The Hall–Kier alpha value is -0.0400. The maximum atomic E-state index is 3.25. The molecule has 1 aliphatic rings. The quantitative estimate of drug-likeness (QED) is 0.659. The molecule has 1 heteroatoms. The van der Waals surface area contributed by atoms with Crippen LogP contribution in [0.2, 0.25) is 0 Å². The minimum Gasteiger partial charge on any atom is -0.319 e. The molecular weight excluding hydrogens is 134 g/mol. The Morgan fingerprint density at radius 1 is 1.27 bits per heavy atom. The summed E-state index contributed by atoms with van der Waals surface area (Å²) in [5, 5.41) is 3.25. The smallest absolute Gasteiger partial charge is 0.00208 e. The molecule has 1 rings (SSSR count). The molecule has 0 aromatic carbocycles. The predicted molar refractivity (Wildman–Crippen MR) is 49.6 cm³/mol. The van der Waals surface area contributed by atoms with Gasteiger partial charge in [-0.05, 0) is 43.7 Å². The maximum absolute atomic E-state index is 3.25. The first-order valence-corrected chi connectivity index (χ1v) is 4.67. The normalized spacial score (nSPS) is 30.5. The summed E-state index contributed by atoms with van der Waals surface area (Å²) in [6.45, 7) is 8.23. The minimum atomic E-state index is 0.535. The third-order valence-corrected chi connectivity index (χ3v) is 2.41. The molecule has 11 heavy (non-hydrogen) atoms. The zero-order chi connectivity index (χ0) is 8.48. The molecule has 1 saturated carbocycles. The molecule has 2 unspecified atom stereocenters. The molecule has 2 atom stereocenters. The van der Waals surface area contributed by atoms with Crippen LogP contribution in [0.3, 0.4) is 0 Å². The van der Waals surface area contributed by atoms with Gasteiger partial charge in [0.25, 0.3) is 0 Å². The molecule has 0 aromatic heterocycles. The van der Waals surface area contributed by atoms with Crippen LogP contribution < -0.4 is 5.32 Å². The highest BCUT2D eigenvalue weighted by molar-refractivity contribution is 4.89. The second kappa shape index (κ2) is 3.14. The van der Waals surface area contributed by atoms with Crippen molar-refractivity contribution >= 4 is 0 Å². The summed E-state index contributed by atoms with van der Waals surface area (Å²) in [4.78, 5) is 0. The van der Waals surface area contributed by atoms with E-state index in [2.05, 4.69) is 26.1 Å². The van der Waals surface area contributed by atoms with Crippen molar-refractivity contribution in [3.63, 3.8) is 0 Å². The Balaban J connectivity index is 2.13. The second-order valence-corrected chi connectivity index (χ2v) is 5.08. The first-order valence-electron chi connectivity index (χ1n) is 4.67. The van der Waals surface area contributed by atoms with Crippen LogP contribution in [-0.4, -0.2) is 13.6 Å². The van der Waals surface area contributed by atoms with Gasteiger partial charge in [-0.1, -0.05) is 20.8 Å². The lowest BCUT2D eigenvalue weighted by Gasteiger charge is -2.17. The summed E-state index contributed by atoms with van der Waals surface area (Å²) >= 11 is 0. The molecular formula is C10H21N. The molecule has 0 radical (unpaired) electrons. The van der Waals surface area contributed by atoms with Crippen molar-refractivity contribution in [1.29, 1.82) is 0 Å². The van der Waals surface area contributed by atoms with E-state index >= 15 is 0 Å². The maximum Gasteiger partial charge on any atom is -0.00208 e. The van der Waals surface area contributed by atoms with Gasteiger partial charge in [0.1, 0.15) is 0 Å². The fourth-order valence-corrected chi connectivity index (χ4v) is 1.86. The van der Waals surface area contributed by atoms with E-state index in [9.17, 15) is 0 Å². The fraction of sp³-hybridized carbons (Fsp3) is 1.00. The van der Waals surface area contributed by atoms with Gasteiger partial charge in [0.05, 0.1) is 0 Å².